The Hall–Kier alpha value is -1.23. The van der Waals surface area contributed by atoms with Crippen LogP contribution in [0.3, 0.4) is 0 Å². The molecule has 0 saturated carbocycles. The first-order valence-electron chi connectivity index (χ1n) is 4.36. The van der Waals surface area contributed by atoms with Gasteiger partial charge in [0.1, 0.15) is 0 Å². The highest BCUT2D eigenvalue weighted by molar-refractivity contribution is 6.31. The van der Waals surface area contributed by atoms with Gasteiger partial charge in [-0.15, -0.1) is 11.6 Å². The van der Waals surface area contributed by atoms with Crippen LogP contribution in [-0.2, 0) is 6.18 Å². The van der Waals surface area contributed by atoms with Crippen LogP contribution in [0, 0.1) is 0 Å². The van der Waals surface area contributed by atoms with E-state index in [-0.39, 0.29) is 11.3 Å². The van der Waals surface area contributed by atoms with Crippen LogP contribution < -0.4 is 0 Å². The summed E-state index contributed by atoms with van der Waals surface area (Å²) in [6, 6.07) is 4.60. The van der Waals surface area contributed by atoms with E-state index >= 15 is 0 Å². The molecular formula is C10H9ClF3NO. The van der Waals surface area contributed by atoms with Gasteiger partial charge in [0.15, 0.2) is 0 Å². The molecule has 1 atom stereocenters. The first kappa shape index (κ1) is 12.8. The number of alkyl halides is 4. The van der Waals surface area contributed by atoms with Gasteiger partial charge < -0.3 is 5.21 Å². The summed E-state index contributed by atoms with van der Waals surface area (Å²) in [6.07, 6.45) is -4.41. The molecule has 1 rings (SSSR count). The number of rotatable bonds is 2. The van der Waals surface area contributed by atoms with Crippen molar-refractivity contribution >= 4 is 17.3 Å². The van der Waals surface area contributed by atoms with Crippen molar-refractivity contribution in [3.05, 3.63) is 35.4 Å². The quantitative estimate of drug-likeness (QED) is 0.368. The molecule has 0 aromatic heterocycles. The van der Waals surface area contributed by atoms with Gasteiger partial charge in [0.2, 0.25) is 0 Å². The Morgan fingerprint density at radius 1 is 1.44 bits per heavy atom. The zero-order valence-corrected chi connectivity index (χ0v) is 9.05. The summed E-state index contributed by atoms with van der Waals surface area (Å²) in [5.41, 5.74) is -0.394. The fourth-order valence-electron chi connectivity index (χ4n) is 1.16. The summed E-state index contributed by atoms with van der Waals surface area (Å²) in [4.78, 5) is 0. The highest BCUT2D eigenvalue weighted by atomic mass is 35.5. The first-order chi connectivity index (χ1) is 7.36. The van der Waals surface area contributed by atoms with E-state index in [0.29, 0.717) is 0 Å². The van der Waals surface area contributed by atoms with Gasteiger partial charge in [-0.1, -0.05) is 17.3 Å². The fraction of sp³-hybridized carbons (Fsp3) is 0.300. The van der Waals surface area contributed by atoms with Crippen LogP contribution in [0.15, 0.2) is 29.4 Å². The van der Waals surface area contributed by atoms with Crippen molar-refractivity contribution in [3.63, 3.8) is 0 Å². The van der Waals surface area contributed by atoms with E-state index < -0.39 is 17.1 Å². The zero-order chi connectivity index (χ0) is 12.3. The molecule has 0 bridgehead atoms. The minimum atomic E-state index is -4.41. The van der Waals surface area contributed by atoms with E-state index in [4.69, 9.17) is 16.8 Å². The Kier molecular flexibility index (Phi) is 3.80. The Labute approximate surface area is 95.3 Å². The molecule has 6 heteroatoms. The maximum Gasteiger partial charge on any atom is 0.416 e. The zero-order valence-electron chi connectivity index (χ0n) is 8.29. The van der Waals surface area contributed by atoms with Gasteiger partial charge in [-0.05, 0) is 24.6 Å². The predicted octanol–water partition coefficient (Wildman–Crippen LogP) is 3.84. The summed E-state index contributed by atoms with van der Waals surface area (Å²) in [7, 11) is 0. The molecule has 88 valence electrons. The molecular weight excluding hydrogens is 243 g/mol. The largest absolute Gasteiger partial charge is 0.416 e. The molecule has 0 spiro atoms. The predicted molar refractivity (Wildman–Crippen MR) is 54.9 cm³/mol. The first-order valence-corrected chi connectivity index (χ1v) is 4.79. The third-order valence-electron chi connectivity index (χ3n) is 2.03. The van der Waals surface area contributed by atoms with E-state index in [0.717, 1.165) is 12.1 Å². The molecule has 0 fully saturated rings. The van der Waals surface area contributed by atoms with Gasteiger partial charge in [0.05, 0.1) is 16.7 Å². The number of hydrogen-bond acceptors (Lipinski definition) is 2. The van der Waals surface area contributed by atoms with Crippen molar-refractivity contribution in [2.75, 3.05) is 0 Å². The number of oxime groups is 1. The molecule has 0 radical (unpaired) electrons. The minimum Gasteiger partial charge on any atom is -0.411 e. The lowest BCUT2D eigenvalue weighted by Crippen LogP contribution is -2.08. The van der Waals surface area contributed by atoms with Gasteiger partial charge >= 0.3 is 6.18 Å². The van der Waals surface area contributed by atoms with Crippen LogP contribution in [-0.4, -0.2) is 10.9 Å². The summed E-state index contributed by atoms with van der Waals surface area (Å²) >= 11 is 5.82. The van der Waals surface area contributed by atoms with Crippen LogP contribution in [0.4, 0.5) is 13.2 Å². The van der Waals surface area contributed by atoms with E-state index in [1.165, 1.54) is 19.1 Å². The molecule has 0 aliphatic carbocycles. The van der Waals surface area contributed by atoms with E-state index in [1.807, 2.05) is 0 Å². The fourth-order valence-corrected chi connectivity index (χ4v) is 1.34. The molecule has 1 aromatic carbocycles. The summed E-state index contributed by atoms with van der Waals surface area (Å²) in [6.45, 7) is 1.43. The van der Waals surface area contributed by atoms with E-state index in [2.05, 4.69) is 5.16 Å². The normalized spacial score (nSPS) is 14.9. The molecule has 0 heterocycles. The Balaban J connectivity index is 3.09. The van der Waals surface area contributed by atoms with Crippen molar-refractivity contribution in [2.24, 2.45) is 5.16 Å². The molecule has 1 N–H and O–H groups in total. The van der Waals surface area contributed by atoms with Crippen molar-refractivity contribution < 1.29 is 18.4 Å². The summed E-state index contributed by atoms with van der Waals surface area (Å²) in [5.74, 6) is 0. The third-order valence-corrected chi connectivity index (χ3v) is 2.60. The number of benzene rings is 1. The van der Waals surface area contributed by atoms with Gasteiger partial charge in [-0.2, -0.15) is 13.2 Å². The van der Waals surface area contributed by atoms with Crippen molar-refractivity contribution in [1.29, 1.82) is 0 Å². The summed E-state index contributed by atoms with van der Waals surface area (Å²) in [5, 5.41) is 10.5. The van der Waals surface area contributed by atoms with Crippen LogP contribution in [0.5, 0.6) is 0 Å². The van der Waals surface area contributed by atoms with Gasteiger partial charge in [-0.3, -0.25) is 0 Å². The molecule has 16 heavy (non-hydrogen) atoms. The van der Waals surface area contributed by atoms with Crippen molar-refractivity contribution in [2.45, 2.75) is 18.5 Å². The van der Waals surface area contributed by atoms with E-state index in [9.17, 15) is 13.2 Å². The number of nitrogens with zero attached hydrogens (tertiary/aromatic N) is 1. The molecule has 0 aliphatic heterocycles. The number of halogens is 4. The molecule has 0 amide bonds. The van der Waals surface area contributed by atoms with E-state index in [1.54, 1.807) is 0 Å². The SMILES string of the molecule is CC(=NO)C(Cl)c1cccc(C(F)(F)F)c1. The monoisotopic (exact) mass is 251 g/mol. The molecule has 1 unspecified atom stereocenters. The average Bonchev–Trinajstić information content (AvgIpc) is 2.26. The minimum absolute atomic E-state index is 0.140. The number of hydrogen-bond donors (Lipinski definition) is 1. The second-order valence-electron chi connectivity index (χ2n) is 3.23. The summed E-state index contributed by atoms with van der Waals surface area (Å²) < 4.78 is 37.2. The third kappa shape index (κ3) is 2.88. The highest BCUT2D eigenvalue weighted by Gasteiger charge is 2.31. The van der Waals surface area contributed by atoms with Crippen LogP contribution >= 0.6 is 11.6 Å². The van der Waals surface area contributed by atoms with Gasteiger partial charge in [0, 0.05) is 0 Å². The molecule has 0 saturated heterocycles. The van der Waals surface area contributed by atoms with Crippen LogP contribution in [0.2, 0.25) is 0 Å². The molecule has 0 aliphatic rings. The highest BCUT2D eigenvalue weighted by Crippen LogP contribution is 2.32. The van der Waals surface area contributed by atoms with Crippen molar-refractivity contribution in [3.8, 4) is 0 Å². The van der Waals surface area contributed by atoms with Crippen LogP contribution in [0.1, 0.15) is 23.4 Å². The maximum absolute atomic E-state index is 12.4. The Bertz CT molecular complexity index is 403. The van der Waals surface area contributed by atoms with Crippen molar-refractivity contribution in [1.82, 2.24) is 0 Å². The smallest absolute Gasteiger partial charge is 0.411 e. The van der Waals surface area contributed by atoms with Gasteiger partial charge in [-0.25, -0.2) is 0 Å². The standard InChI is InChI=1S/C10H9ClF3NO/c1-6(15-16)9(11)7-3-2-4-8(5-7)10(12,13)14/h2-5,9,16H,1H3. The topological polar surface area (TPSA) is 32.6 Å². The second-order valence-corrected chi connectivity index (χ2v) is 3.66. The second kappa shape index (κ2) is 4.74. The average molecular weight is 252 g/mol. The molecule has 1 aromatic rings. The van der Waals surface area contributed by atoms with Gasteiger partial charge in [0.25, 0.3) is 0 Å². The lowest BCUT2D eigenvalue weighted by atomic mass is 10.1. The maximum atomic E-state index is 12.4. The van der Waals surface area contributed by atoms with Crippen LogP contribution in [0.25, 0.3) is 0 Å². The Morgan fingerprint density at radius 3 is 2.56 bits per heavy atom. The lowest BCUT2D eigenvalue weighted by Gasteiger charge is -2.11. The lowest BCUT2D eigenvalue weighted by molar-refractivity contribution is -0.137. The Morgan fingerprint density at radius 2 is 2.06 bits per heavy atom. The molecule has 2 nitrogen and oxygen atoms in total.